The van der Waals surface area contributed by atoms with Crippen LogP contribution in [0, 0.1) is 0 Å². The minimum atomic E-state index is -0.0239. The normalized spacial score (nSPS) is 16.9. The van der Waals surface area contributed by atoms with Gasteiger partial charge in [-0.1, -0.05) is 12.1 Å². The van der Waals surface area contributed by atoms with E-state index in [1.54, 1.807) is 7.05 Å². The van der Waals surface area contributed by atoms with E-state index in [1.807, 2.05) is 43.3 Å². The van der Waals surface area contributed by atoms with Crippen molar-refractivity contribution in [1.82, 2.24) is 15.5 Å². The summed E-state index contributed by atoms with van der Waals surface area (Å²) in [4.78, 5) is 17.9. The molecule has 3 N–H and O–H groups in total. The molecule has 7 nitrogen and oxygen atoms in total. The third-order valence-electron chi connectivity index (χ3n) is 3.88. The predicted octanol–water partition coefficient (Wildman–Crippen LogP) is 1.65. The van der Waals surface area contributed by atoms with Crippen molar-refractivity contribution >= 4 is 41.5 Å². The van der Waals surface area contributed by atoms with Gasteiger partial charge in [0, 0.05) is 32.4 Å². The van der Waals surface area contributed by atoms with Crippen LogP contribution in [-0.4, -0.2) is 63.7 Å². The standard InChI is InChI=1S/C18H29N5O2.HI/c1-19-18(21-12-16-8-5-9-25-16)20-11-14-6-4-7-15(10-14)22-17(24)13-23(2)3;/h4,6-7,10,16H,5,8-9,11-13H2,1-3H3,(H,22,24)(H2,19,20,21);1H. The molecule has 0 radical (unpaired) electrons. The largest absolute Gasteiger partial charge is 0.376 e. The van der Waals surface area contributed by atoms with Gasteiger partial charge in [-0.15, -0.1) is 24.0 Å². The average molecular weight is 475 g/mol. The van der Waals surface area contributed by atoms with Gasteiger partial charge >= 0.3 is 0 Å². The maximum Gasteiger partial charge on any atom is 0.238 e. The van der Waals surface area contributed by atoms with Crippen LogP contribution in [-0.2, 0) is 16.1 Å². The highest BCUT2D eigenvalue weighted by Crippen LogP contribution is 2.11. The molecule has 8 heteroatoms. The Hall–Kier alpha value is -1.39. The van der Waals surface area contributed by atoms with Crippen LogP contribution in [0.25, 0.3) is 0 Å². The maximum atomic E-state index is 11.8. The van der Waals surface area contributed by atoms with Gasteiger partial charge in [0.05, 0.1) is 12.6 Å². The van der Waals surface area contributed by atoms with E-state index in [4.69, 9.17) is 4.74 Å². The Kier molecular flexibility index (Phi) is 10.5. The molecule has 1 heterocycles. The number of nitrogens with zero attached hydrogens (tertiary/aromatic N) is 2. The first-order valence-electron chi connectivity index (χ1n) is 8.66. The number of hydrogen-bond acceptors (Lipinski definition) is 4. The second-order valence-electron chi connectivity index (χ2n) is 6.43. The number of likely N-dealkylation sites (N-methyl/N-ethyl adjacent to an activating group) is 1. The monoisotopic (exact) mass is 475 g/mol. The molecular formula is C18H30IN5O2. The van der Waals surface area contributed by atoms with Gasteiger partial charge in [-0.05, 0) is 44.6 Å². The second-order valence-corrected chi connectivity index (χ2v) is 6.43. The van der Waals surface area contributed by atoms with Crippen molar-refractivity contribution in [2.24, 2.45) is 4.99 Å². The SMILES string of the molecule is CN=C(NCc1cccc(NC(=O)CN(C)C)c1)NCC1CCCO1.I. The summed E-state index contributed by atoms with van der Waals surface area (Å²) in [5, 5.41) is 9.48. The molecule has 1 saturated heterocycles. The Morgan fingerprint density at radius 1 is 1.35 bits per heavy atom. The molecule has 1 aliphatic heterocycles. The van der Waals surface area contributed by atoms with Crippen LogP contribution >= 0.6 is 24.0 Å². The zero-order valence-electron chi connectivity index (χ0n) is 15.7. The van der Waals surface area contributed by atoms with Crippen LogP contribution in [0.5, 0.6) is 0 Å². The lowest BCUT2D eigenvalue weighted by molar-refractivity contribution is -0.116. The Morgan fingerprint density at radius 3 is 2.81 bits per heavy atom. The number of benzene rings is 1. The zero-order valence-corrected chi connectivity index (χ0v) is 18.1. The van der Waals surface area contributed by atoms with Gasteiger partial charge in [-0.3, -0.25) is 9.79 Å². The Balaban J connectivity index is 0.00000338. The molecular weight excluding hydrogens is 445 g/mol. The van der Waals surface area contributed by atoms with Gasteiger partial charge in [0.15, 0.2) is 5.96 Å². The van der Waals surface area contributed by atoms with Gasteiger partial charge in [0.2, 0.25) is 5.91 Å². The van der Waals surface area contributed by atoms with Crippen LogP contribution in [0.4, 0.5) is 5.69 Å². The van der Waals surface area contributed by atoms with Crippen molar-refractivity contribution in [2.45, 2.75) is 25.5 Å². The summed E-state index contributed by atoms with van der Waals surface area (Å²) in [5.74, 6) is 0.724. The van der Waals surface area contributed by atoms with Gasteiger partial charge in [0.25, 0.3) is 0 Å². The molecule has 2 rings (SSSR count). The smallest absolute Gasteiger partial charge is 0.238 e. The topological polar surface area (TPSA) is 78.0 Å². The molecule has 26 heavy (non-hydrogen) atoms. The summed E-state index contributed by atoms with van der Waals surface area (Å²) in [6, 6.07) is 7.81. The van der Waals surface area contributed by atoms with E-state index < -0.39 is 0 Å². The van der Waals surface area contributed by atoms with Crippen LogP contribution in [0.15, 0.2) is 29.3 Å². The quantitative estimate of drug-likeness (QED) is 0.318. The highest BCUT2D eigenvalue weighted by atomic mass is 127. The molecule has 0 spiro atoms. The van der Waals surface area contributed by atoms with E-state index in [0.29, 0.717) is 13.1 Å². The lowest BCUT2D eigenvalue weighted by Gasteiger charge is -2.15. The fourth-order valence-corrected chi connectivity index (χ4v) is 2.67. The number of ether oxygens (including phenoxy) is 1. The number of carbonyl (C=O) groups is 1. The summed E-state index contributed by atoms with van der Waals surface area (Å²) in [7, 11) is 5.49. The Morgan fingerprint density at radius 2 is 2.15 bits per heavy atom. The van der Waals surface area contributed by atoms with Crippen molar-refractivity contribution in [2.75, 3.05) is 46.2 Å². The molecule has 1 amide bonds. The molecule has 0 saturated carbocycles. The highest BCUT2D eigenvalue weighted by molar-refractivity contribution is 14.0. The number of carbonyl (C=O) groups excluding carboxylic acids is 1. The van der Waals surface area contributed by atoms with Gasteiger partial charge in [-0.2, -0.15) is 0 Å². The molecule has 1 aliphatic rings. The third kappa shape index (κ3) is 8.33. The van der Waals surface area contributed by atoms with Crippen LogP contribution < -0.4 is 16.0 Å². The van der Waals surface area contributed by atoms with E-state index in [1.165, 1.54) is 0 Å². The lowest BCUT2D eigenvalue weighted by atomic mass is 10.2. The number of guanidine groups is 1. The number of anilines is 1. The maximum absolute atomic E-state index is 11.8. The van der Waals surface area contributed by atoms with Gasteiger partial charge in [-0.25, -0.2) is 0 Å². The van der Waals surface area contributed by atoms with Crippen molar-refractivity contribution in [3.63, 3.8) is 0 Å². The zero-order chi connectivity index (χ0) is 18.1. The number of aliphatic imine (C=N–C) groups is 1. The first-order valence-corrected chi connectivity index (χ1v) is 8.66. The van der Waals surface area contributed by atoms with Crippen molar-refractivity contribution in [1.29, 1.82) is 0 Å². The summed E-state index contributed by atoms with van der Waals surface area (Å²) in [6.07, 6.45) is 2.50. The molecule has 0 aliphatic carbocycles. The number of rotatable bonds is 7. The molecule has 1 aromatic carbocycles. The molecule has 1 unspecified atom stereocenters. The van der Waals surface area contributed by atoms with Crippen LogP contribution in [0.1, 0.15) is 18.4 Å². The van der Waals surface area contributed by atoms with E-state index in [-0.39, 0.29) is 36.0 Å². The molecule has 1 atom stereocenters. The predicted molar refractivity (Wildman–Crippen MR) is 116 cm³/mol. The summed E-state index contributed by atoms with van der Waals surface area (Å²) in [6.45, 7) is 2.61. The number of halogens is 1. The molecule has 0 aromatic heterocycles. The molecule has 1 fully saturated rings. The van der Waals surface area contributed by atoms with Crippen LogP contribution in [0.3, 0.4) is 0 Å². The molecule has 146 valence electrons. The minimum absolute atomic E-state index is 0. The first kappa shape index (κ1) is 22.7. The van der Waals surface area contributed by atoms with Gasteiger partial charge < -0.3 is 25.6 Å². The summed E-state index contributed by atoms with van der Waals surface area (Å²) in [5.41, 5.74) is 1.87. The van der Waals surface area contributed by atoms with Crippen molar-refractivity contribution in [3.8, 4) is 0 Å². The fourth-order valence-electron chi connectivity index (χ4n) is 2.67. The van der Waals surface area contributed by atoms with E-state index >= 15 is 0 Å². The summed E-state index contributed by atoms with van der Waals surface area (Å²) < 4.78 is 5.60. The highest BCUT2D eigenvalue weighted by Gasteiger charge is 2.15. The molecule has 0 bridgehead atoms. The minimum Gasteiger partial charge on any atom is -0.376 e. The number of amides is 1. The fraction of sp³-hybridized carbons (Fsp3) is 0.556. The number of hydrogen-bond donors (Lipinski definition) is 3. The Labute approximate surface area is 173 Å². The lowest BCUT2D eigenvalue weighted by Crippen LogP contribution is -2.40. The van der Waals surface area contributed by atoms with Crippen molar-refractivity contribution < 1.29 is 9.53 Å². The van der Waals surface area contributed by atoms with Crippen LogP contribution in [0.2, 0.25) is 0 Å². The number of nitrogens with one attached hydrogen (secondary N) is 3. The molecule has 1 aromatic rings. The average Bonchev–Trinajstić information content (AvgIpc) is 3.08. The third-order valence-corrected chi connectivity index (χ3v) is 3.88. The van der Waals surface area contributed by atoms with Gasteiger partial charge in [0.1, 0.15) is 0 Å². The summed E-state index contributed by atoms with van der Waals surface area (Å²) >= 11 is 0. The Bertz CT molecular complexity index is 589. The van der Waals surface area contributed by atoms with E-state index in [0.717, 1.165) is 43.2 Å². The van der Waals surface area contributed by atoms with Crippen molar-refractivity contribution in [3.05, 3.63) is 29.8 Å². The second kappa shape index (κ2) is 12.1. The van der Waals surface area contributed by atoms with E-state index in [9.17, 15) is 4.79 Å². The van der Waals surface area contributed by atoms with E-state index in [2.05, 4.69) is 20.9 Å². The first-order chi connectivity index (χ1) is 12.1.